The lowest BCUT2D eigenvalue weighted by molar-refractivity contribution is -0.642. The Hall–Kier alpha value is -2.69. The van der Waals surface area contributed by atoms with Crippen molar-refractivity contribution in [2.45, 2.75) is 20.3 Å². The van der Waals surface area contributed by atoms with E-state index in [4.69, 9.17) is 5.10 Å². The van der Waals surface area contributed by atoms with Crippen molar-refractivity contribution in [3.05, 3.63) is 90.0 Å². The van der Waals surface area contributed by atoms with Gasteiger partial charge in [-0.15, -0.1) is 0 Å². The molecule has 0 aliphatic rings. The van der Waals surface area contributed by atoms with Crippen molar-refractivity contribution in [3.8, 4) is 16.3 Å². The van der Waals surface area contributed by atoms with Crippen LogP contribution in [0.2, 0.25) is 0 Å². The number of para-hydroxylation sites is 1. The summed E-state index contributed by atoms with van der Waals surface area (Å²) < 4.78 is 2.02. The monoisotopic (exact) mass is 407 g/mol. The van der Waals surface area contributed by atoms with Gasteiger partial charge in [-0.05, 0) is 59.2 Å². The molecule has 0 fully saturated rings. The summed E-state index contributed by atoms with van der Waals surface area (Å²) in [5.74, 6) is 0. The Kier molecular flexibility index (Phi) is 6.45. The number of anilines is 2. The van der Waals surface area contributed by atoms with Crippen LogP contribution < -0.4 is 22.4 Å². The van der Waals surface area contributed by atoms with Crippen LogP contribution in [0.5, 0.6) is 0 Å². The first-order valence-electron chi connectivity index (χ1n) is 9.14. The molecule has 3 nitrogen and oxygen atoms in total. The average molecular weight is 408 g/mol. The second-order valence-electron chi connectivity index (χ2n) is 6.50. The molecule has 0 saturated heterocycles. The van der Waals surface area contributed by atoms with E-state index in [1.807, 2.05) is 22.9 Å². The summed E-state index contributed by atoms with van der Waals surface area (Å²) in [7, 11) is 0. The zero-order valence-corrected chi connectivity index (χ0v) is 17.5. The third-order valence-electron chi connectivity index (χ3n) is 4.46. The van der Waals surface area contributed by atoms with Crippen molar-refractivity contribution in [3.63, 3.8) is 0 Å². The number of rotatable bonds is 5. The maximum Gasteiger partial charge on any atom is 0.304 e. The van der Waals surface area contributed by atoms with Crippen molar-refractivity contribution in [2.24, 2.45) is 0 Å². The van der Waals surface area contributed by atoms with Crippen LogP contribution in [0.4, 0.5) is 10.8 Å². The van der Waals surface area contributed by atoms with Gasteiger partial charge in [-0.25, -0.2) is 0 Å². The average Bonchev–Trinajstić information content (AvgIpc) is 3.13. The highest BCUT2D eigenvalue weighted by Gasteiger charge is 2.24. The fourth-order valence-electron chi connectivity index (χ4n) is 2.99. The Morgan fingerprint density at radius 1 is 0.929 bits per heavy atom. The summed E-state index contributed by atoms with van der Waals surface area (Å²) in [5, 5.41) is 10.3. The van der Waals surface area contributed by atoms with Crippen LogP contribution in [0.3, 0.4) is 0 Å². The predicted octanol–water partition coefficient (Wildman–Crippen LogP) is 2.71. The van der Waals surface area contributed by atoms with Crippen molar-refractivity contribution < 1.29 is 17.1 Å². The standard InChI is InChI=1S/C23H22N3S.ClH/c1-3-18-12-14-20(15-13-18)24-23-25-26(21-10-5-4-6-11-21)22(27-23)19-9-7-8-17(2)16-19;/h4-16H,3H2,1-2H3,(H,24,25);1H/q+1;/p-1. The molecule has 0 spiro atoms. The summed E-state index contributed by atoms with van der Waals surface area (Å²) in [5.41, 5.74) is 5.85. The zero-order valence-electron chi connectivity index (χ0n) is 15.9. The number of aromatic nitrogens is 2. The van der Waals surface area contributed by atoms with Crippen molar-refractivity contribution in [1.29, 1.82) is 0 Å². The molecule has 1 heterocycles. The second kappa shape index (κ2) is 9.00. The molecule has 5 heteroatoms. The molecule has 4 aromatic rings. The van der Waals surface area contributed by atoms with E-state index in [9.17, 15) is 0 Å². The van der Waals surface area contributed by atoms with Crippen LogP contribution in [-0.2, 0) is 6.42 Å². The Bertz CT molecular complexity index is 1040. The number of benzene rings is 3. The van der Waals surface area contributed by atoms with Gasteiger partial charge in [0.15, 0.2) is 0 Å². The first-order chi connectivity index (χ1) is 13.2. The van der Waals surface area contributed by atoms with Gasteiger partial charge >= 0.3 is 5.01 Å². The number of halogens is 1. The minimum Gasteiger partial charge on any atom is -1.00 e. The smallest absolute Gasteiger partial charge is 0.304 e. The van der Waals surface area contributed by atoms with Crippen LogP contribution in [0.25, 0.3) is 16.3 Å². The van der Waals surface area contributed by atoms with Gasteiger partial charge < -0.3 is 17.7 Å². The zero-order chi connectivity index (χ0) is 18.6. The highest BCUT2D eigenvalue weighted by atomic mass is 35.5. The summed E-state index contributed by atoms with van der Waals surface area (Å²) in [6.45, 7) is 4.28. The normalized spacial score (nSPS) is 10.4. The van der Waals surface area contributed by atoms with Crippen LogP contribution in [0.1, 0.15) is 18.1 Å². The fraction of sp³-hybridized carbons (Fsp3) is 0.130. The molecule has 3 aromatic carbocycles. The molecule has 0 amide bonds. The highest BCUT2D eigenvalue weighted by molar-refractivity contribution is 7.18. The van der Waals surface area contributed by atoms with E-state index in [2.05, 4.69) is 79.8 Å². The van der Waals surface area contributed by atoms with E-state index in [0.29, 0.717) is 0 Å². The lowest BCUT2D eigenvalue weighted by atomic mass is 10.1. The molecular weight excluding hydrogens is 386 g/mol. The lowest BCUT2D eigenvalue weighted by Crippen LogP contribution is -3.00. The SMILES string of the molecule is CCc1ccc(Nc2n[n+](-c3ccccc3)c(-c3cccc(C)c3)s2)cc1.[Cl-]. The minimum absolute atomic E-state index is 0. The summed E-state index contributed by atoms with van der Waals surface area (Å²) in [6.07, 6.45) is 1.04. The van der Waals surface area contributed by atoms with Gasteiger partial charge in [-0.2, -0.15) is 0 Å². The van der Waals surface area contributed by atoms with E-state index in [0.717, 1.165) is 27.9 Å². The molecule has 1 aromatic heterocycles. The maximum absolute atomic E-state index is 4.85. The third kappa shape index (κ3) is 4.41. The Morgan fingerprint density at radius 2 is 1.68 bits per heavy atom. The molecule has 0 bridgehead atoms. The topological polar surface area (TPSA) is 28.8 Å². The lowest BCUT2D eigenvalue weighted by Gasteiger charge is -2.01. The first kappa shape index (κ1) is 20.1. The van der Waals surface area contributed by atoms with E-state index in [1.165, 1.54) is 16.7 Å². The predicted molar refractivity (Wildman–Crippen MR) is 113 cm³/mol. The Labute approximate surface area is 176 Å². The Balaban J connectivity index is 0.00000225. The van der Waals surface area contributed by atoms with E-state index in [-0.39, 0.29) is 12.4 Å². The number of aryl methyl sites for hydroxylation is 2. The van der Waals surface area contributed by atoms with Gasteiger partial charge in [0.2, 0.25) is 5.69 Å². The molecule has 28 heavy (non-hydrogen) atoms. The van der Waals surface area contributed by atoms with Gasteiger partial charge in [0, 0.05) is 22.9 Å². The molecule has 0 unspecified atom stereocenters. The molecule has 1 N–H and O–H groups in total. The molecule has 0 radical (unpaired) electrons. The van der Waals surface area contributed by atoms with Gasteiger partial charge in [0.05, 0.1) is 5.56 Å². The van der Waals surface area contributed by atoms with E-state index < -0.39 is 0 Å². The molecule has 4 rings (SSSR count). The number of hydrogen-bond donors (Lipinski definition) is 1. The van der Waals surface area contributed by atoms with E-state index >= 15 is 0 Å². The number of nitrogens with one attached hydrogen (secondary N) is 1. The van der Waals surface area contributed by atoms with Crippen LogP contribution in [0.15, 0.2) is 78.9 Å². The van der Waals surface area contributed by atoms with Crippen LogP contribution >= 0.6 is 11.3 Å². The second-order valence-corrected chi connectivity index (χ2v) is 7.48. The van der Waals surface area contributed by atoms with Crippen LogP contribution in [0, 0.1) is 6.92 Å². The van der Waals surface area contributed by atoms with Gasteiger partial charge in [0.1, 0.15) is 0 Å². The molecule has 0 aliphatic heterocycles. The molecule has 142 valence electrons. The van der Waals surface area contributed by atoms with Gasteiger partial charge in [-0.1, -0.05) is 55.0 Å². The molecule has 0 atom stereocenters. The largest absolute Gasteiger partial charge is 1.00 e. The van der Waals surface area contributed by atoms with Crippen LogP contribution in [-0.4, -0.2) is 5.10 Å². The minimum atomic E-state index is 0. The maximum atomic E-state index is 4.85. The van der Waals surface area contributed by atoms with Gasteiger partial charge in [-0.3, -0.25) is 0 Å². The molecule has 0 saturated carbocycles. The quantitative estimate of drug-likeness (QED) is 0.515. The third-order valence-corrected chi connectivity index (χ3v) is 5.43. The molecular formula is C23H22ClN3S. The van der Waals surface area contributed by atoms with Gasteiger partial charge in [0.25, 0.3) is 5.13 Å². The van der Waals surface area contributed by atoms with Crippen molar-refractivity contribution >= 4 is 22.2 Å². The first-order valence-corrected chi connectivity index (χ1v) is 9.96. The molecule has 0 aliphatic carbocycles. The Morgan fingerprint density at radius 3 is 2.36 bits per heavy atom. The number of hydrogen-bond acceptors (Lipinski definition) is 3. The number of nitrogens with zero attached hydrogens (tertiary/aromatic N) is 2. The summed E-state index contributed by atoms with van der Waals surface area (Å²) >= 11 is 1.66. The van der Waals surface area contributed by atoms with Crippen molar-refractivity contribution in [2.75, 3.05) is 5.32 Å². The van der Waals surface area contributed by atoms with Crippen molar-refractivity contribution in [1.82, 2.24) is 5.10 Å². The van der Waals surface area contributed by atoms with E-state index in [1.54, 1.807) is 11.3 Å². The summed E-state index contributed by atoms with van der Waals surface area (Å²) in [4.78, 5) is 0. The summed E-state index contributed by atoms with van der Waals surface area (Å²) in [6, 6.07) is 27.4. The highest BCUT2D eigenvalue weighted by Crippen LogP contribution is 2.29. The fourth-order valence-corrected chi connectivity index (χ4v) is 3.94.